The Bertz CT molecular complexity index is 1490. The minimum Gasteiger partial charge on any atom is -0.394 e. The Kier molecular flexibility index (Phi) is 42.7. The molecular formula is C61H109NO13. The lowest BCUT2D eigenvalue weighted by Crippen LogP contribution is -2.65. The van der Waals surface area contributed by atoms with E-state index in [-0.39, 0.29) is 18.9 Å². The van der Waals surface area contributed by atoms with Crippen LogP contribution in [0.3, 0.4) is 0 Å². The second-order valence-electron chi connectivity index (χ2n) is 21.1. The van der Waals surface area contributed by atoms with Crippen molar-refractivity contribution in [1.29, 1.82) is 0 Å². The van der Waals surface area contributed by atoms with Crippen molar-refractivity contribution in [2.24, 2.45) is 0 Å². The molecule has 2 heterocycles. The zero-order chi connectivity index (χ0) is 54.6. The highest BCUT2D eigenvalue weighted by Gasteiger charge is 2.51. The van der Waals surface area contributed by atoms with Crippen LogP contribution in [-0.4, -0.2) is 140 Å². The average molecular weight is 1060 g/mol. The maximum atomic E-state index is 13.2. The standard InChI is InChI=1S/C61H109NO13/c1-3-5-7-9-11-13-15-17-18-19-20-21-22-23-24-25-26-27-28-29-30-31-33-34-36-38-40-42-44-50(65)49(62-53(66)45-43-41-39-37-35-32-16-14-12-10-8-6-4-2)48-72-60-58(71)56(69)59(52(47-64)74-60)75-61-57(70)55(68)54(67)51(46-63)73-61/h6,8,12,14,32,34-36,42,44,49-52,54-61,63-65,67-71H,3-5,7,9-11,13,15-31,33,37-41,43,45-48H2,1-2H3,(H,62,66)/b8-6-,14-12-,35-32-,36-34+,44-42+. The summed E-state index contributed by atoms with van der Waals surface area (Å²) in [5.74, 6) is -0.279. The van der Waals surface area contributed by atoms with Crippen molar-refractivity contribution in [2.75, 3.05) is 19.8 Å². The van der Waals surface area contributed by atoms with Crippen LogP contribution in [0.4, 0.5) is 0 Å². The monoisotopic (exact) mass is 1060 g/mol. The second-order valence-corrected chi connectivity index (χ2v) is 21.1. The zero-order valence-corrected chi connectivity index (χ0v) is 46.8. The van der Waals surface area contributed by atoms with Crippen LogP contribution in [-0.2, 0) is 23.7 Å². The first-order valence-electron chi connectivity index (χ1n) is 30.0. The SMILES string of the molecule is CC/C=C\C/C=C\C/C=C\CCCCCC(=O)NC(COC1OC(CO)C(OC2OC(CO)C(O)C(O)C2O)C(O)C1O)C(O)/C=C/CC/C=C/CCCCCCCCCCCCCCCCCCCCCCCC. The third-order valence-electron chi connectivity index (χ3n) is 14.4. The summed E-state index contributed by atoms with van der Waals surface area (Å²) in [6.45, 7) is 2.64. The van der Waals surface area contributed by atoms with Crippen molar-refractivity contribution in [2.45, 2.75) is 299 Å². The fourth-order valence-corrected chi connectivity index (χ4v) is 9.62. The van der Waals surface area contributed by atoms with Crippen LogP contribution in [0.25, 0.3) is 0 Å². The van der Waals surface area contributed by atoms with Crippen LogP contribution in [0.1, 0.15) is 226 Å². The maximum absolute atomic E-state index is 13.2. The van der Waals surface area contributed by atoms with Gasteiger partial charge in [0.25, 0.3) is 0 Å². The van der Waals surface area contributed by atoms with Gasteiger partial charge in [0.1, 0.15) is 48.8 Å². The molecule has 0 aromatic carbocycles. The van der Waals surface area contributed by atoms with Crippen LogP contribution >= 0.6 is 0 Å². The van der Waals surface area contributed by atoms with Gasteiger partial charge in [-0.3, -0.25) is 4.79 Å². The van der Waals surface area contributed by atoms with Gasteiger partial charge in [-0.15, -0.1) is 0 Å². The minimum atomic E-state index is -1.80. The number of carbonyl (C=O) groups is 1. The number of allylic oxidation sites excluding steroid dienone is 9. The first-order chi connectivity index (χ1) is 36.6. The van der Waals surface area contributed by atoms with Crippen molar-refractivity contribution in [3.8, 4) is 0 Å². The van der Waals surface area contributed by atoms with Crippen LogP contribution < -0.4 is 5.32 Å². The Labute approximate surface area is 454 Å². The first-order valence-corrected chi connectivity index (χ1v) is 30.0. The van der Waals surface area contributed by atoms with E-state index in [1.54, 1.807) is 6.08 Å². The molecule has 1 amide bonds. The fraction of sp³-hybridized carbons (Fsp3) is 0.820. The van der Waals surface area contributed by atoms with Crippen molar-refractivity contribution in [3.05, 3.63) is 60.8 Å². The van der Waals surface area contributed by atoms with Gasteiger partial charge in [-0.25, -0.2) is 0 Å². The molecule has 14 heteroatoms. The number of hydrogen-bond acceptors (Lipinski definition) is 13. The molecule has 0 aromatic heterocycles. The summed E-state index contributed by atoms with van der Waals surface area (Å²) in [4.78, 5) is 13.2. The Morgan fingerprint density at radius 3 is 1.47 bits per heavy atom. The Morgan fingerprint density at radius 1 is 0.493 bits per heavy atom. The molecule has 2 aliphatic heterocycles. The molecule has 2 fully saturated rings. The number of nitrogens with one attached hydrogen (secondary N) is 1. The van der Waals surface area contributed by atoms with Crippen molar-refractivity contribution < 1.29 is 64.6 Å². The van der Waals surface area contributed by atoms with Crippen LogP contribution in [0, 0.1) is 0 Å². The number of aliphatic hydroxyl groups is 8. The van der Waals surface area contributed by atoms with Gasteiger partial charge in [0.2, 0.25) is 5.91 Å². The molecule has 75 heavy (non-hydrogen) atoms. The lowest BCUT2D eigenvalue weighted by molar-refractivity contribution is -0.359. The molecule has 0 spiro atoms. The number of hydrogen-bond donors (Lipinski definition) is 9. The van der Waals surface area contributed by atoms with Crippen LogP contribution in [0.2, 0.25) is 0 Å². The third-order valence-corrected chi connectivity index (χ3v) is 14.4. The number of unbranched alkanes of at least 4 members (excludes halogenated alkanes) is 26. The largest absolute Gasteiger partial charge is 0.394 e. The summed E-state index contributed by atoms with van der Waals surface area (Å²) in [6, 6.07) is -0.949. The Balaban J connectivity index is 1.74. The van der Waals surface area contributed by atoms with E-state index in [4.69, 9.17) is 18.9 Å². The van der Waals surface area contributed by atoms with E-state index in [2.05, 4.69) is 67.8 Å². The quantitative estimate of drug-likeness (QED) is 0.0204. The lowest BCUT2D eigenvalue weighted by Gasteiger charge is -2.46. The number of carbonyl (C=O) groups excluding carboxylic acids is 1. The van der Waals surface area contributed by atoms with Gasteiger partial charge in [-0.05, 0) is 64.2 Å². The van der Waals surface area contributed by atoms with Gasteiger partial charge < -0.3 is 65.1 Å². The smallest absolute Gasteiger partial charge is 0.220 e. The summed E-state index contributed by atoms with van der Waals surface area (Å²) in [5, 5.41) is 86.9. The summed E-state index contributed by atoms with van der Waals surface area (Å²) in [6.07, 6.45) is 42.9. The Hall–Kier alpha value is -2.31. The van der Waals surface area contributed by atoms with E-state index >= 15 is 0 Å². The topological polar surface area (TPSA) is 228 Å². The van der Waals surface area contributed by atoms with Crippen LogP contribution in [0.15, 0.2) is 60.8 Å². The van der Waals surface area contributed by atoms with Gasteiger partial charge in [0, 0.05) is 6.42 Å². The van der Waals surface area contributed by atoms with Gasteiger partial charge in [0.15, 0.2) is 12.6 Å². The summed E-state index contributed by atoms with van der Waals surface area (Å²) < 4.78 is 22.7. The Morgan fingerprint density at radius 2 is 0.933 bits per heavy atom. The molecule has 0 radical (unpaired) electrons. The van der Waals surface area contributed by atoms with E-state index in [0.29, 0.717) is 12.8 Å². The van der Waals surface area contributed by atoms with E-state index < -0.39 is 86.8 Å². The summed E-state index contributed by atoms with van der Waals surface area (Å²) in [5.41, 5.74) is 0. The molecule has 12 atom stereocenters. The summed E-state index contributed by atoms with van der Waals surface area (Å²) >= 11 is 0. The third kappa shape index (κ3) is 32.4. The molecule has 0 bridgehead atoms. The second kappa shape index (κ2) is 46.6. The number of rotatable bonds is 47. The minimum absolute atomic E-state index is 0.236. The van der Waals surface area contributed by atoms with Crippen molar-refractivity contribution >= 4 is 5.91 Å². The van der Waals surface area contributed by atoms with E-state index in [1.807, 2.05) is 6.08 Å². The first kappa shape index (κ1) is 68.8. The fourth-order valence-electron chi connectivity index (χ4n) is 9.62. The maximum Gasteiger partial charge on any atom is 0.220 e. The molecule has 2 rings (SSSR count). The number of amides is 1. The van der Waals surface area contributed by atoms with Crippen LogP contribution in [0.5, 0.6) is 0 Å². The molecule has 0 aliphatic carbocycles. The predicted molar refractivity (Wildman–Crippen MR) is 300 cm³/mol. The molecular weight excluding hydrogens is 955 g/mol. The van der Waals surface area contributed by atoms with E-state index in [9.17, 15) is 45.6 Å². The zero-order valence-electron chi connectivity index (χ0n) is 46.8. The van der Waals surface area contributed by atoms with E-state index in [0.717, 1.165) is 51.4 Å². The average Bonchev–Trinajstić information content (AvgIpc) is 3.41. The van der Waals surface area contributed by atoms with E-state index in [1.165, 1.54) is 141 Å². The van der Waals surface area contributed by atoms with Crippen molar-refractivity contribution in [1.82, 2.24) is 5.32 Å². The number of aliphatic hydroxyl groups excluding tert-OH is 8. The molecule has 9 N–H and O–H groups in total. The lowest BCUT2D eigenvalue weighted by atomic mass is 9.97. The molecule has 436 valence electrons. The molecule has 14 nitrogen and oxygen atoms in total. The highest BCUT2D eigenvalue weighted by atomic mass is 16.7. The molecule has 0 saturated carbocycles. The van der Waals surface area contributed by atoms with Crippen molar-refractivity contribution in [3.63, 3.8) is 0 Å². The van der Waals surface area contributed by atoms with Gasteiger partial charge in [-0.2, -0.15) is 0 Å². The highest BCUT2D eigenvalue weighted by molar-refractivity contribution is 5.76. The van der Waals surface area contributed by atoms with Gasteiger partial charge in [-0.1, -0.05) is 216 Å². The molecule has 0 aromatic rings. The normalized spacial score (nSPS) is 25.5. The van der Waals surface area contributed by atoms with Gasteiger partial charge >= 0.3 is 0 Å². The molecule has 2 aliphatic rings. The molecule has 12 unspecified atom stereocenters. The molecule has 2 saturated heterocycles. The van der Waals surface area contributed by atoms with Gasteiger partial charge in [0.05, 0.1) is 32.0 Å². The summed E-state index contributed by atoms with van der Waals surface area (Å²) in [7, 11) is 0. The highest BCUT2D eigenvalue weighted by Crippen LogP contribution is 2.30. The predicted octanol–water partition coefficient (Wildman–Crippen LogP) is 10.2. The number of ether oxygens (including phenoxy) is 4.